The van der Waals surface area contributed by atoms with Crippen molar-refractivity contribution in [2.45, 2.75) is 62.4 Å². The summed E-state index contributed by atoms with van der Waals surface area (Å²) in [6, 6.07) is 9.69. The second kappa shape index (κ2) is 8.71. The second-order valence-corrected chi connectivity index (χ2v) is 9.65. The second-order valence-electron chi connectivity index (χ2n) is 9.65. The monoisotopic (exact) mass is 479 g/mol. The number of hydrogen-bond donors (Lipinski definition) is 2. The summed E-state index contributed by atoms with van der Waals surface area (Å²) in [5, 5.41) is 22.8. The van der Waals surface area contributed by atoms with Gasteiger partial charge in [0, 0.05) is 41.5 Å². The third-order valence-corrected chi connectivity index (χ3v) is 7.38. The van der Waals surface area contributed by atoms with Crippen LogP contribution in [0.1, 0.15) is 32.1 Å². The Balaban J connectivity index is 1.28. The normalized spacial score (nSPS) is 25.5. The van der Waals surface area contributed by atoms with E-state index in [9.17, 15) is 5.11 Å². The first-order chi connectivity index (χ1) is 17.0. The molecule has 1 saturated carbocycles. The van der Waals surface area contributed by atoms with E-state index in [1.807, 2.05) is 0 Å². The maximum Gasteiger partial charge on any atom is 0.213 e. The van der Waals surface area contributed by atoms with Gasteiger partial charge in [-0.25, -0.2) is 13.8 Å². The van der Waals surface area contributed by atoms with Crippen molar-refractivity contribution in [1.82, 2.24) is 20.5 Å². The minimum absolute atomic E-state index is 0.0916. The van der Waals surface area contributed by atoms with Gasteiger partial charge in [0.15, 0.2) is 5.82 Å². The van der Waals surface area contributed by atoms with Crippen LogP contribution in [-0.2, 0) is 0 Å². The number of phenols is 1. The molecule has 6 rings (SSSR count). The molecule has 1 aromatic carbocycles. The van der Waals surface area contributed by atoms with E-state index < -0.39 is 12.0 Å². The molecule has 7 nitrogen and oxygen atoms in total. The maximum atomic E-state index is 15.3. The van der Waals surface area contributed by atoms with Crippen molar-refractivity contribution in [1.29, 1.82) is 0 Å². The van der Waals surface area contributed by atoms with Gasteiger partial charge in [0.2, 0.25) is 5.88 Å². The van der Waals surface area contributed by atoms with Crippen molar-refractivity contribution in [2.24, 2.45) is 0 Å². The van der Waals surface area contributed by atoms with Crippen LogP contribution in [0.2, 0.25) is 0 Å². The Bertz CT molecular complexity index is 1240. The fourth-order valence-corrected chi connectivity index (χ4v) is 5.51. The average molecular weight is 480 g/mol. The van der Waals surface area contributed by atoms with Crippen LogP contribution < -0.4 is 15.0 Å². The molecule has 0 spiro atoms. The molecule has 3 fully saturated rings. The zero-order chi connectivity index (χ0) is 24.1. The summed E-state index contributed by atoms with van der Waals surface area (Å²) >= 11 is 0. The number of alkyl halides is 1. The molecule has 1 aliphatic carbocycles. The van der Waals surface area contributed by atoms with Crippen molar-refractivity contribution in [2.75, 3.05) is 12.0 Å². The Labute approximate surface area is 202 Å². The van der Waals surface area contributed by atoms with E-state index in [0.29, 0.717) is 29.0 Å². The summed E-state index contributed by atoms with van der Waals surface area (Å²) in [7, 11) is 1.49. The van der Waals surface area contributed by atoms with Gasteiger partial charge in [-0.05, 0) is 68.0 Å². The van der Waals surface area contributed by atoms with E-state index in [-0.39, 0.29) is 35.0 Å². The molecule has 3 aromatic rings. The van der Waals surface area contributed by atoms with E-state index in [1.54, 1.807) is 24.3 Å². The number of aromatic nitrogens is 3. The van der Waals surface area contributed by atoms with Crippen LogP contribution in [0, 0.1) is 5.82 Å². The van der Waals surface area contributed by atoms with Crippen molar-refractivity contribution in [3.05, 3.63) is 48.4 Å². The van der Waals surface area contributed by atoms with Crippen molar-refractivity contribution in [3.8, 4) is 34.0 Å². The number of anilines is 1. The molecule has 35 heavy (non-hydrogen) atoms. The van der Waals surface area contributed by atoms with E-state index in [1.165, 1.54) is 25.4 Å². The largest absolute Gasteiger partial charge is 0.507 e. The van der Waals surface area contributed by atoms with Crippen LogP contribution in [-0.4, -0.2) is 57.7 Å². The Hall–Kier alpha value is -3.33. The van der Waals surface area contributed by atoms with Gasteiger partial charge >= 0.3 is 0 Å². The fourth-order valence-electron chi connectivity index (χ4n) is 5.51. The zero-order valence-corrected chi connectivity index (χ0v) is 19.4. The number of ether oxygens (including phenoxy) is 1. The van der Waals surface area contributed by atoms with Gasteiger partial charge in [-0.3, -0.25) is 0 Å². The average Bonchev–Trinajstić information content (AvgIpc) is 3.63. The Morgan fingerprint density at radius 2 is 1.91 bits per heavy atom. The number of nitrogens with zero attached hydrogens (tertiary/aromatic N) is 4. The van der Waals surface area contributed by atoms with Crippen LogP contribution >= 0.6 is 0 Å². The molecular formula is C26H27F2N5O2. The molecule has 182 valence electrons. The minimum atomic E-state index is -0.951. The van der Waals surface area contributed by atoms with Gasteiger partial charge in [0.05, 0.1) is 18.8 Å². The van der Waals surface area contributed by atoms with Gasteiger partial charge in [-0.1, -0.05) is 0 Å². The quantitative estimate of drug-likeness (QED) is 0.547. The topological polar surface area (TPSA) is 83.4 Å². The molecule has 2 unspecified atom stereocenters. The summed E-state index contributed by atoms with van der Waals surface area (Å²) in [4.78, 5) is 6.14. The van der Waals surface area contributed by atoms with Gasteiger partial charge in [0.25, 0.3) is 0 Å². The Morgan fingerprint density at radius 1 is 1.06 bits per heavy atom. The highest BCUT2D eigenvalue weighted by Crippen LogP contribution is 2.41. The number of hydrogen-bond acceptors (Lipinski definition) is 7. The number of halogens is 2. The van der Waals surface area contributed by atoms with Crippen LogP contribution in [0.4, 0.5) is 14.6 Å². The summed E-state index contributed by atoms with van der Waals surface area (Å²) in [6.45, 7) is 0. The third-order valence-electron chi connectivity index (χ3n) is 7.38. The first kappa shape index (κ1) is 22.2. The van der Waals surface area contributed by atoms with Gasteiger partial charge in [0.1, 0.15) is 17.7 Å². The number of rotatable bonds is 6. The molecule has 2 aromatic heterocycles. The number of piperidine rings is 1. The molecule has 2 N–H and O–H groups in total. The van der Waals surface area contributed by atoms with Crippen LogP contribution in [0.15, 0.2) is 42.6 Å². The Kier molecular flexibility index (Phi) is 5.51. The minimum Gasteiger partial charge on any atom is -0.507 e. The lowest BCUT2D eigenvalue weighted by Gasteiger charge is -2.41. The summed E-state index contributed by atoms with van der Waals surface area (Å²) in [5.74, 6) is 0.356. The highest BCUT2D eigenvalue weighted by molar-refractivity contribution is 5.75. The van der Waals surface area contributed by atoms with E-state index in [0.717, 1.165) is 32.1 Å². The molecule has 2 bridgehead atoms. The van der Waals surface area contributed by atoms with Crippen LogP contribution in [0.3, 0.4) is 0 Å². The molecule has 9 heteroatoms. The molecule has 0 radical (unpaired) electrons. The maximum absolute atomic E-state index is 15.3. The fraction of sp³-hybridized carbons (Fsp3) is 0.423. The Morgan fingerprint density at radius 3 is 2.66 bits per heavy atom. The number of aromatic hydroxyl groups is 1. The van der Waals surface area contributed by atoms with Gasteiger partial charge in [-0.15, -0.1) is 10.2 Å². The first-order valence-corrected chi connectivity index (χ1v) is 12.1. The lowest BCUT2D eigenvalue weighted by atomic mass is 9.95. The standard InChI is InChI=1S/C26H27F2N5O2/c1-35-25-10-14(8-9-29-25)17-13-23(34)18(12-19(17)27)20-6-7-24(32-31-20)33(16-3-4-16)22-11-15-2-5-21(30-15)26(22)28/h6-10,12-13,15-16,21-22,26,30,34H,2-5,11H2,1H3/t15-,21+,22?,26?/m1/s1. The summed E-state index contributed by atoms with van der Waals surface area (Å²) in [6.07, 6.45) is 5.24. The third kappa shape index (κ3) is 4.07. The van der Waals surface area contributed by atoms with Crippen molar-refractivity contribution >= 4 is 5.82 Å². The lowest BCUT2D eigenvalue weighted by Crippen LogP contribution is -2.57. The summed E-state index contributed by atoms with van der Waals surface area (Å²) in [5.41, 5.74) is 1.36. The predicted octanol–water partition coefficient (Wildman–Crippen LogP) is 4.26. The van der Waals surface area contributed by atoms with Gasteiger partial charge in [-0.2, -0.15) is 0 Å². The van der Waals surface area contributed by atoms with E-state index in [2.05, 4.69) is 25.4 Å². The number of pyridine rings is 1. The van der Waals surface area contributed by atoms with Crippen LogP contribution in [0.25, 0.3) is 22.4 Å². The van der Waals surface area contributed by atoms with E-state index in [4.69, 9.17) is 4.74 Å². The number of nitrogens with one attached hydrogen (secondary N) is 1. The zero-order valence-electron chi connectivity index (χ0n) is 19.4. The van der Waals surface area contributed by atoms with Crippen molar-refractivity contribution < 1.29 is 18.6 Å². The molecule has 4 heterocycles. The molecule has 0 amide bonds. The highest BCUT2D eigenvalue weighted by atomic mass is 19.1. The molecule has 2 saturated heterocycles. The van der Waals surface area contributed by atoms with Crippen LogP contribution in [0.5, 0.6) is 11.6 Å². The van der Waals surface area contributed by atoms with E-state index >= 15 is 8.78 Å². The molecule has 3 aliphatic rings. The first-order valence-electron chi connectivity index (χ1n) is 12.1. The summed E-state index contributed by atoms with van der Waals surface area (Å²) < 4.78 is 35.5. The van der Waals surface area contributed by atoms with Gasteiger partial charge < -0.3 is 20.1 Å². The lowest BCUT2D eigenvalue weighted by molar-refractivity contribution is 0.171. The molecule has 4 atom stereocenters. The van der Waals surface area contributed by atoms with Crippen molar-refractivity contribution in [3.63, 3.8) is 0 Å². The smallest absolute Gasteiger partial charge is 0.213 e. The number of fused-ring (bicyclic) bond motifs is 2. The predicted molar refractivity (Wildman–Crippen MR) is 128 cm³/mol. The number of benzene rings is 1. The number of methoxy groups -OCH3 is 1. The molecule has 2 aliphatic heterocycles. The highest BCUT2D eigenvalue weighted by Gasteiger charge is 2.48. The molecular weight excluding hydrogens is 452 g/mol. The SMILES string of the molecule is COc1cc(-c2cc(O)c(-c3ccc(N(C4CC4)C4C[C@H]5CC[C@H](N5)C4F)nn3)cc2F)ccn1. The number of phenolic OH excluding ortho intramolecular Hbond substituents is 1.